The van der Waals surface area contributed by atoms with Crippen molar-refractivity contribution >= 4 is 17.0 Å². The Balaban J connectivity index is 1.18. The highest BCUT2D eigenvalue weighted by Crippen LogP contribution is 2.16. The lowest BCUT2D eigenvalue weighted by Gasteiger charge is -2.33. The monoisotopic (exact) mass is 418 g/mol. The maximum absolute atomic E-state index is 4.66. The van der Waals surface area contributed by atoms with Crippen LogP contribution in [0.4, 0.5) is 0 Å². The van der Waals surface area contributed by atoms with Gasteiger partial charge in [-0.15, -0.1) is 0 Å². The molecule has 0 atom stereocenters. The highest BCUT2D eigenvalue weighted by atomic mass is 15.2. The standard InChI is InChI=1S/C25H34N6/c1-20-28-23-11-6-7-12-24(23)31(20)16-8-15-27-25(26-2)29-22-13-17-30(18-14-22)19-21-9-4-3-5-10-21/h3-7,9-12,22H,8,13-19H2,1-2H3,(H2,26,27,29). The molecule has 0 amide bonds. The average Bonchev–Trinajstić information content (AvgIpc) is 3.12. The molecule has 0 aliphatic carbocycles. The summed E-state index contributed by atoms with van der Waals surface area (Å²) in [5, 5.41) is 7.11. The number of aliphatic imine (C=N–C) groups is 1. The van der Waals surface area contributed by atoms with Crippen molar-refractivity contribution in [1.82, 2.24) is 25.1 Å². The molecule has 2 N–H and O–H groups in total. The minimum atomic E-state index is 0.484. The van der Waals surface area contributed by atoms with Crippen molar-refractivity contribution < 1.29 is 0 Å². The molecule has 2 aromatic carbocycles. The summed E-state index contributed by atoms with van der Waals surface area (Å²) < 4.78 is 2.30. The van der Waals surface area contributed by atoms with Gasteiger partial charge in [-0.05, 0) is 43.9 Å². The van der Waals surface area contributed by atoms with Crippen molar-refractivity contribution in [2.75, 3.05) is 26.7 Å². The Bertz CT molecular complexity index is 986. The van der Waals surface area contributed by atoms with Gasteiger partial charge in [-0.1, -0.05) is 42.5 Å². The summed E-state index contributed by atoms with van der Waals surface area (Å²) in [6, 6.07) is 19.6. The molecule has 6 nitrogen and oxygen atoms in total. The lowest BCUT2D eigenvalue weighted by atomic mass is 10.0. The lowest BCUT2D eigenvalue weighted by molar-refractivity contribution is 0.198. The van der Waals surface area contributed by atoms with E-state index in [1.54, 1.807) is 0 Å². The molecule has 0 unspecified atom stereocenters. The predicted molar refractivity (Wildman–Crippen MR) is 128 cm³/mol. The first-order valence-corrected chi connectivity index (χ1v) is 11.4. The number of fused-ring (bicyclic) bond motifs is 1. The van der Waals surface area contributed by atoms with Gasteiger partial charge in [0.15, 0.2) is 5.96 Å². The molecule has 164 valence electrons. The van der Waals surface area contributed by atoms with Gasteiger partial charge in [0.1, 0.15) is 5.82 Å². The molecule has 1 aromatic heterocycles. The van der Waals surface area contributed by atoms with Crippen LogP contribution in [0.5, 0.6) is 0 Å². The first-order chi connectivity index (χ1) is 15.2. The fourth-order valence-corrected chi connectivity index (χ4v) is 4.39. The Hall–Kier alpha value is -2.86. The van der Waals surface area contributed by atoms with Crippen LogP contribution in [0.25, 0.3) is 11.0 Å². The Morgan fingerprint density at radius 2 is 1.81 bits per heavy atom. The van der Waals surface area contributed by atoms with E-state index in [1.165, 1.54) is 11.1 Å². The number of rotatable bonds is 7. The maximum atomic E-state index is 4.66. The number of nitrogens with zero attached hydrogens (tertiary/aromatic N) is 4. The van der Waals surface area contributed by atoms with Crippen LogP contribution in [-0.2, 0) is 13.1 Å². The summed E-state index contributed by atoms with van der Waals surface area (Å²) in [5.41, 5.74) is 3.68. The van der Waals surface area contributed by atoms with Gasteiger partial charge in [-0.2, -0.15) is 0 Å². The van der Waals surface area contributed by atoms with Gasteiger partial charge in [0.25, 0.3) is 0 Å². The summed E-state index contributed by atoms with van der Waals surface area (Å²) in [5.74, 6) is 1.99. The van der Waals surface area contributed by atoms with Gasteiger partial charge in [0, 0.05) is 45.8 Å². The second-order valence-electron chi connectivity index (χ2n) is 8.33. The van der Waals surface area contributed by atoms with E-state index in [9.17, 15) is 0 Å². The van der Waals surface area contributed by atoms with Crippen molar-refractivity contribution in [3.8, 4) is 0 Å². The van der Waals surface area contributed by atoms with E-state index in [-0.39, 0.29) is 0 Å². The van der Waals surface area contributed by atoms with Crippen molar-refractivity contribution in [3.05, 3.63) is 66.0 Å². The molecule has 1 aliphatic heterocycles. The second-order valence-corrected chi connectivity index (χ2v) is 8.33. The van der Waals surface area contributed by atoms with Crippen LogP contribution in [0.2, 0.25) is 0 Å². The van der Waals surface area contributed by atoms with Gasteiger partial charge in [0.05, 0.1) is 11.0 Å². The first kappa shape index (κ1) is 21.4. The van der Waals surface area contributed by atoms with Crippen LogP contribution in [0.1, 0.15) is 30.7 Å². The smallest absolute Gasteiger partial charge is 0.191 e. The molecule has 0 spiro atoms. The molecule has 4 rings (SSSR count). The van der Waals surface area contributed by atoms with Crippen LogP contribution in [-0.4, -0.2) is 53.1 Å². The second kappa shape index (κ2) is 10.4. The van der Waals surface area contributed by atoms with Crippen LogP contribution in [0, 0.1) is 6.92 Å². The summed E-state index contributed by atoms with van der Waals surface area (Å²) in [4.78, 5) is 11.6. The Morgan fingerprint density at radius 1 is 1.06 bits per heavy atom. The molecule has 0 saturated carbocycles. The van der Waals surface area contributed by atoms with E-state index in [0.29, 0.717) is 6.04 Å². The summed E-state index contributed by atoms with van der Waals surface area (Å²) in [6.45, 7) is 7.21. The number of para-hydroxylation sites is 2. The third-order valence-corrected chi connectivity index (χ3v) is 6.10. The van der Waals surface area contributed by atoms with E-state index in [1.807, 2.05) is 13.1 Å². The van der Waals surface area contributed by atoms with Gasteiger partial charge >= 0.3 is 0 Å². The van der Waals surface area contributed by atoms with Crippen molar-refractivity contribution in [2.45, 2.75) is 45.3 Å². The number of aryl methyl sites for hydroxylation is 2. The summed E-state index contributed by atoms with van der Waals surface area (Å²) in [7, 11) is 1.85. The van der Waals surface area contributed by atoms with Gasteiger partial charge in [-0.25, -0.2) is 4.98 Å². The number of likely N-dealkylation sites (tertiary alicyclic amines) is 1. The molecule has 3 aromatic rings. The minimum Gasteiger partial charge on any atom is -0.356 e. The van der Waals surface area contributed by atoms with E-state index in [4.69, 9.17) is 0 Å². The fourth-order valence-electron chi connectivity index (χ4n) is 4.39. The number of aromatic nitrogens is 2. The van der Waals surface area contributed by atoms with E-state index >= 15 is 0 Å². The number of piperidine rings is 1. The SMILES string of the molecule is CN=C(NCCCn1c(C)nc2ccccc21)NC1CCN(Cc2ccccc2)CC1. The van der Waals surface area contributed by atoms with Crippen LogP contribution < -0.4 is 10.6 Å². The number of guanidine groups is 1. The highest BCUT2D eigenvalue weighted by molar-refractivity contribution is 5.80. The molecule has 0 radical (unpaired) electrons. The third-order valence-electron chi connectivity index (χ3n) is 6.10. The highest BCUT2D eigenvalue weighted by Gasteiger charge is 2.20. The predicted octanol–water partition coefficient (Wildman–Crippen LogP) is 3.56. The van der Waals surface area contributed by atoms with Gasteiger partial charge < -0.3 is 15.2 Å². The first-order valence-electron chi connectivity index (χ1n) is 11.4. The van der Waals surface area contributed by atoms with Gasteiger partial charge in [-0.3, -0.25) is 9.89 Å². The number of hydrogen-bond acceptors (Lipinski definition) is 3. The van der Waals surface area contributed by atoms with Crippen molar-refractivity contribution in [1.29, 1.82) is 0 Å². The summed E-state index contributed by atoms with van der Waals surface area (Å²) in [6.07, 6.45) is 3.32. The van der Waals surface area contributed by atoms with Crippen molar-refractivity contribution in [3.63, 3.8) is 0 Å². The molecule has 1 saturated heterocycles. The Morgan fingerprint density at radius 3 is 2.58 bits per heavy atom. The number of nitrogens with one attached hydrogen (secondary N) is 2. The van der Waals surface area contributed by atoms with E-state index in [0.717, 1.165) is 69.3 Å². The zero-order chi connectivity index (χ0) is 21.5. The molecule has 2 heterocycles. The van der Waals surface area contributed by atoms with Gasteiger partial charge in [0.2, 0.25) is 0 Å². The van der Waals surface area contributed by atoms with Crippen LogP contribution >= 0.6 is 0 Å². The topological polar surface area (TPSA) is 57.5 Å². The number of imidazole rings is 1. The van der Waals surface area contributed by atoms with E-state index < -0.39 is 0 Å². The number of benzene rings is 2. The van der Waals surface area contributed by atoms with E-state index in [2.05, 4.69) is 85.5 Å². The van der Waals surface area contributed by atoms with Crippen LogP contribution in [0.3, 0.4) is 0 Å². The molecular weight excluding hydrogens is 384 g/mol. The minimum absolute atomic E-state index is 0.484. The summed E-state index contributed by atoms with van der Waals surface area (Å²) >= 11 is 0. The maximum Gasteiger partial charge on any atom is 0.191 e. The quantitative estimate of drug-likeness (QED) is 0.350. The molecule has 31 heavy (non-hydrogen) atoms. The fraction of sp³-hybridized carbons (Fsp3) is 0.440. The lowest BCUT2D eigenvalue weighted by Crippen LogP contribution is -2.48. The molecule has 6 heteroatoms. The Kier molecular flexibility index (Phi) is 7.20. The average molecular weight is 419 g/mol. The molecule has 1 aliphatic rings. The zero-order valence-electron chi connectivity index (χ0n) is 18.7. The zero-order valence-corrected chi connectivity index (χ0v) is 18.7. The molecule has 1 fully saturated rings. The molecular formula is C25H34N6. The van der Waals surface area contributed by atoms with Crippen LogP contribution in [0.15, 0.2) is 59.6 Å². The molecule has 0 bridgehead atoms. The van der Waals surface area contributed by atoms with Crippen molar-refractivity contribution in [2.24, 2.45) is 4.99 Å². The largest absolute Gasteiger partial charge is 0.356 e. The number of hydrogen-bond donors (Lipinski definition) is 2. The normalized spacial score (nSPS) is 16.0. The Labute approximate surface area is 185 Å². The third kappa shape index (κ3) is 5.64.